The number of fused-ring (bicyclic) bond motifs is 1. The third-order valence-electron chi connectivity index (χ3n) is 3.63. The van der Waals surface area contributed by atoms with Gasteiger partial charge in [0.25, 0.3) is 0 Å². The van der Waals surface area contributed by atoms with E-state index in [4.69, 9.17) is 0 Å². The lowest BCUT2D eigenvalue weighted by Crippen LogP contribution is -2.38. The first-order valence-electron chi connectivity index (χ1n) is 8.21. The summed E-state index contributed by atoms with van der Waals surface area (Å²) in [6.07, 6.45) is 2.76. The van der Waals surface area contributed by atoms with Crippen molar-refractivity contribution in [2.24, 2.45) is 4.99 Å². The van der Waals surface area contributed by atoms with E-state index in [2.05, 4.69) is 44.9 Å². The van der Waals surface area contributed by atoms with Gasteiger partial charge in [0, 0.05) is 25.7 Å². The lowest BCUT2D eigenvalue weighted by atomic mass is 10.2. The van der Waals surface area contributed by atoms with Crippen molar-refractivity contribution in [3.63, 3.8) is 0 Å². The molecule has 132 valence electrons. The van der Waals surface area contributed by atoms with Gasteiger partial charge in [-0.25, -0.2) is 4.99 Å². The van der Waals surface area contributed by atoms with E-state index in [0.717, 1.165) is 36.9 Å². The molecule has 2 heterocycles. The molecule has 2 aromatic heterocycles. The van der Waals surface area contributed by atoms with Gasteiger partial charge in [0.15, 0.2) is 11.6 Å². The van der Waals surface area contributed by atoms with E-state index in [0.29, 0.717) is 6.54 Å². The van der Waals surface area contributed by atoms with Gasteiger partial charge in [0.1, 0.15) is 5.82 Å². The summed E-state index contributed by atoms with van der Waals surface area (Å²) >= 11 is 0. The average Bonchev–Trinajstić information content (AvgIpc) is 3.04. The van der Waals surface area contributed by atoms with E-state index in [1.54, 1.807) is 0 Å². The van der Waals surface area contributed by atoms with Crippen molar-refractivity contribution in [2.45, 2.75) is 19.9 Å². The van der Waals surface area contributed by atoms with Gasteiger partial charge >= 0.3 is 0 Å². The number of hydrogen-bond donors (Lipinski definition) is 2. The summed E-state index contributed by atoms with van der Waals surface area (Å²) in [5.41, 5.74) is 2.07. The Morgan fingerprint density at radius 3 is 2.64 bits per heavy atom. The molecule has 25 heavy (non-hydrogen) atoms. The Bertz CT molecular complexity index is 799. The van der Waals surface area contributed by atoms with E-state index < -0.39 is 0 Å². The van der Waals surface area contributed by atoms with Crippen molar-refractivity contribution in [3.8, 4) is 0 Å². The van der Waals surface area contributed by atoms with Crippen LogP contribution in [-0.2, 0) is 13.0 Å². The van der Waals surface area contributed by atoms with E-state index in [9.17, 15) is 0 Å². The summed E-state index contributed by atoms with van der Waals surface area (Å²) in [7, 11) is 0. The molecule has 6 nitrogen and oxygen atoms in total. The number of rotatable bonds is 6. The fourth-order valence-electron chi connectivity index (χ4n) is 2.45. The number of nitrogens with zero attached hydrogens (tertiary/aromatic N) is 4. The molecule has 0 amide bonds. The highest BCUT2D eigenvalue weighted by Crippen LogP contribution is 2.03. The minimum absolute atomic E-state index is 0. The van der Waals surface area contributed by atoms with Crippen LogP contribution in [0.1, 0.15) is 18.3 Å². The van der Waals surface area contributed by atoms with Crippen LogP contribution in [0.25, 0.3) is 5.65 Å². The molecule has 0 radical (unpaired) electrons. The SMILES string of the molecule is CCNC(=NCc1ccccc1)NCCc1nnc2ccccn12.I. The smallest absolute Gasteiger partial charge is 0.191 e. The summed E-state index contributed by atoms with van der Waals surface area (Å²) in [6, 6.07) is 16.1. The maximum absolute atomic E-state index is 4.62. The van der Waals surface area contributed by atoms with E-state index >= 15 is 0 Å². The summed E-state index contributed by atoms with van der Waals surface area (Å²) in [6.45, 7) is 4.29. The Morgan fingerprint density at radius 2 is 1.84 bits per heavy atom. The molecule has 0 aliphatic rings. The van der Waals surface area contributed by atoms with Crippen molar-refractivity contribution in [3.05, 3.63) is 66.1 Å². The molecule has 3 aromatic rings. The molecule has 0 aliphatic carbocycles. The number of hydrogen-bond acceptors (Lipinski definition) is 3. The molecule has 3 rings (SSSR count). The van der Waals surface area contributed by atoms with Gasteiger partial charge in [0.05, 0.1) is 6.54 Å². The Morgan fingerprint density at radius 1 is 1.04 bits per heavy atom. The third kappa shape index (κ3) is 5.42. The minimum atomic E-state index is 0. The van der Waals surface area contributed by atoms with Gasteiger partial charge < -0.3 is 10.6 Å². The molecule has 1 aromatic carbocycles. The van der Waals surface area contributed by atoms with Gasteiger partial charge in [0.2, 0.25) is 0 Å². The first-order chi connectivity index (χ1) is 11.9. The van der Waals surface area contributed by atoms with Crippen LogP contribution < -0.4 is 10.6 Å². The quantitative estimate of drug-likeness (QED) is 0.344. The van der Waals surface area contributed by atoms with Crippen molar-refractivity contribution < 1.29 is 0 Å². The maximum Gasteiger partial charge on any atom is 0.191 e. The second kappa shape index (κ2) is 9.97. The predicted molar refractivity (Wildman–Crippen MR) is 111 cm³/mol. The summed E-state index contributed by atoms with van der Waals surface area (Å²) in [4.78, 5) is 4.62. The second-order valence-electron chi connectivity index (χ2n) is 5.40. The van der Waals surface area contributed by atoms with Crippen molar-refractivity contribution in [1.82, 2.24) is 25.2 Å². The standard InChI is InChI=1S/C18H22N6.HI/c1-2-19-18(21-14-15-8-4-3-5-9-15)20-12-11-17-23-22-16-10-6-7-13-24(16)17;/h3-10,13H,2,11-12,14H2,1H3,(H2,19,20,21);1H. The van der Waals surface area contributed by atoms with Crippen LogP contribution in [0.5, 0.6) is 0 Å². The number of aromatic nitrogens is 3. The number of halogens is 1. The molecule has 0 spiro atoms. The molecule has 0 fully saturated rings. The monoisotopic (exact) mass is 450 g/mol. The number of pyridine rings is 1. The van der Waals surface area contributed by atoms with E-state index in [-0.39, 0.29) is 24.0 Å². The zero-order valence-electron chi connectivity index (χ0n) is 14.2. The predicted octanol–water partition coefficient (Wildman–Crippen LogP) is 2.65. The van der Waals surface area contributed by atoms with Gasteiger partial charge in [-0.2, -0.15) is 0 Å². The van der Waals surface area contributed by atoms with E-state index in [1.165, 1.54) is 5.56 Å². The lowest BCUT2D eigenvalue weighted by Gasteiger charge is -2.10. The summed E-state index contributed by atoms with van der Waals surface area (Å²) in [5.74, 6) is 1.76. The molecule has 7 heteroatoms. The number of benzene rings is 1. The molecule has 0 unspecified atom stereocenters. The Labute approximate surface area is 164 Å². The zero-order chi connectivity index (χ0) is 16.6. The lowest BCUT2D eigenvalue weighted by molar-refractivity contribution is 0.763. The molecule has 0 saturated carbocycles. The Kier molecular flexibility index (Phi) is 7.65. The highest BCUT2D eigenvalue weighted by Gasteiger charge is 2.04. The Hall–Kier alpha value is -2.16. The van der Waals surface area contributed by atoms with Crippen molar-refractivity contribution in [1.29, 1.82) is 0 Å². The number of aliphatic imine (C=N–C) groups is 1. The molecule has 0 saturated heterocycles. The number of guanidine groups is 1. The topological polar surface area (TPSA) is 66.6 Å². The second-order valence-corrected chi connectivity index (χ2v) is 5.40. The van der Waals surface area contributed by atoms with Crippen LogP contribution in [0.3, 0.4) is 0 Å². The van der Waals surface area contributed by atoms with Gasteiger partial charge in [-0.05, 0) is 24.6 Å². The summed E-state index contributed by atoms with van der Waals surface area (Å²) in [5, 5.41) is 15.0. The van der Waals surface area contributed by atoms with Crippen LogP contribution >= 0.6 is 24.0 Å². The van der Waals surface area contributed by atoms with Gasteiger partial charge in [-0.15, -0.1) is 34.2 Å². The van der Waals surface area contributed by atoms with Crippen LogP contribution in [-0.4, -0.2) is 33.6 Å². The highest BCUT2D eigenvalue weighted by atomic mass is 127. The Balaban J connectivity index is 0.00000225. The first-order valence-corrected chi connectivity index (χ1v) is 8.21. The van der Waals surface area contributed by atoms with Crippen LogP contribution in [0.4, 0.5) is 0 Å². The zero-order valence-corrected chi connectivity index (χ0v) is 16.6. The van der Waals surface area contributed by atoms with Crippen molar-refractivity contribution in [2.75, 3.05) is 13.1 Å². The minimum Gasteiger partial charge on any atom is -0.357 e. The fraction of sp³-hybridized carbons (Fsp3) is 0.278. The maximum atomic E-state index is 4.62. The molecular weight excluding hydrogens is 427 g/mol. The van der Waals surface area contributed by atoms with Crippen LogP contribution in [0.15, 0.2) is 59.7 Å². The summed E-state index contributed by atoms with van der Waals surface area (Å²) < 4.78 is 2.01. The average molecular weight is 450 g/mol. The van der Waals surface area contributed by atoms with Crippen LogP contribution in [0.2, 0.25) is 0 Å². The normalized spacial score (nSPS) is 11.2. The third-order valence-corrected chi connectivity index (χ3v) is 3.63. The molecular formula is C18H23IN6. The molecule has 2 N–H and O–H groups in total. The molecule has 0 bridgehead atoms. The van der Waals surface area contributed by atoms with Crippen LogP contribution in [0, 0.1) is 0 Å². The first kappa shape index (κ1) is 19.2. The highest BCUT2D eigenvalue weighted by molar-refractivity contribution is 14.0. The van der Waals surface area contributed by atoms with E-state index in [1.807, 2.05) is 47.0 Å². The van der Waals surface area contributed by atoms with Gasteiger partial charge in [-0.1, -0.05) is 36.4 Å². The number of nitrogens with one attached hydrogen (secondary N) is 2. The fourth-order valence-corrected chi connectivity index (χ4v) is 2.45. The molecule has 0 atom stereocenters. The van der Waals surface area contributed by atoms with Crippen molar-refractivity contribution >= 4 is 35.6 Å². The largest absolute Gasteiger partial charge is 0.357 e. The molecule has 0 aliphatic heterocycles. The van der Waals surface area contributed by atoms with Gasteiger partial charge in [-0.3, -0.25) is 4.40 Å².